The number of benzene rings is 4. The standard InChI is InChI=1S/C29H28O/c1-21(2)28-26(19-23-14-8-4-9-15-23)25(18-22-12-6-3-7-13-22)20-27(30)29(28)24-16-10-5-11-17-24/h3-17,20-21,30H,18-19H2,1-2H3. The number of phenols is 1. The molecule has 0 aliphatic carbocycles. The third kappa shape index (κ3) is 4.31. The van der Waals surface area contributed by atoms with Gasteiger partial charge >= 0.3 is 0 Å². The van der Waals surface area contributed by atoms with Gasteiger partial charge in [0.05, 0.1) is 0 Å². The van der Waals surface area contributed by atoms with Crippen molar-refractivity contribution in [1.82, 2.24) is 0 Å². The highest BCUT2D eigenvalue weighted by atomic mass is 16.3. The summed E-state index contributed by atoms with van der Waals surface area (Å²) in [4.78, 5) is 0. The first-order chi connectivity index (χ1) is 14.6. The van der Waals surface area contributed by atoms with Crippen molar-refractivity contribution in [2.75, 3.05) is 0 Å². The Balaban J connectivity index is 1.93. The van der Waals surface area contributed by atoms with Gasteiger partial charge in [-0.3, -0.25) is 0 Å². The van der Waals surface area contributed by atoms with Crippen LogP contribution < -0.4 is 0 Å². The lowest BCUT2D eigenvalue weighted by Gasteiger charge is -2.23. The first kappa shape index (κ1) is 20.0. The maximum Gasteiger partial charge on any atom is 0.123 e. The maximum absolute atomic E-state index is 11.1. The summed E-state index contributed by atoms with van der Waals surface area (Å²) in [5.74, 6) is 0.660. The summed E-state index contributed by atoms with van der Waals surface area (Å²) in [5.41, 5.74) is 8.36. The summed E-state index contributed by atoms with van der Waals surface area (Å²) in [7, 11) is 0. The van der Waals surface area contributed by atoms with E-state index in [1.165, 1.54) is 27.8 Å². The van der Waals surface area contributed by atoms with Crippen LogP contribution in [0.1, 0.15) is 47.6 Å². The Labute approximate surface area is 179 Å². The van der Waals surface area contributed by atoms with E-state index < -0.39 is 0 Å². The molecule has 0 unspecified atom stereocenters. The molecule has 0 aliphatic rings. The third-order valence-corrected chi connectivity index (χ3v) is 5.65. The van der Waals surface area contributed by atoms with Gasteiger partial charge in [-0.1, -0.05) is 105 Å². The zero-order chi connectivity index (χ0) is 20.9. The van der Waals surface area contributed by atoms with Gasteiger partial charge in [0.1, 0.15) is 5.75 Å². The van der Waals surface area contributed by atoms with Crippen LogP contribution in [-0.4, -0.2) is 5.11 Å². The Morgan fingerprint density at radius 3 is 1.70 bits per heavy atom. The third-order valence-electron chi connectivity index (χ3n) is 5.65. The molecule has 0 saturated carbocycles. The quantitative estimate of drug-likeness (QED) is 0.363. The molecule has 30 heavy (non-hydrogen) atoms. The van der Waals surface area contributed by atoms with E-state index >= 15 is 0 Å². The molecule has 0 aliphatic heterocycles. The van der Waals surface area contributed by atoms with E-state index in [0.717, 1.165) is 24.0 Å². The second kappa shape index (κ2) is 9.00. The monoisotopic (exact) mass is 392 g/mol. The zero-order valence-corrected chi connectivity index (χ0v) is 17.7. The molecule has 0 heterocycles. The van der Waals surface area contributed by atoms with E-state index in [0.29, 0.717) is 11.7 Å². The van der Waals surface area contributed by atoms with Gasteiger partial charge in [-0.25, -0.2) is 0 Å². The largest absolute Gasteiger partial charge is 0.507 e. The summed E-state index contributed by atoms with van der Waals surface area (Å²) < 4.78 is 0. The fourth-order valence-corrected chi connectivity index (χ4v) is 4.31. The molecule has 0 amide bonds. The van der Waals surface area contributed by atoms with Crippen LogP contribution in [0.4, 0.5) is 0 Å². The number of rotatable bonds is 6. The van der Waals surface area contributed by atoms with E-state index in [2.05, 4.69) is 80.6 Å². The van der Waals surface area contributed by atoms with E-state index in [9.17, 15) is 5.11 Å². The van der Waals surface area contributed by atoms with Crippen LogP contribution in [-0.2, 0) is 12.8 Å². The van der Waals surface area contributed by atoms with Gasteiger partial charge in [-0.15, -0.1) is 0 Å². The molecule has 1 nitrogen and oxygen atoms in total. The van der Waals surface area contributed by atoms with Crippen molar-refractivity contribution in [3.05, 3.63) is 125 Å². The highest BCUT2D eigenvalue weighted by Gasteiger charge is 2.21. The molecule has 0 aromatic heterocycles. The smallest absolute Gasteiger partial charge is 0.123 e. The lowest BCUT2D eigenvalue weighted by molar-refractivity contribution is 0.475. The maximum atomic E-state index is 11.1. The molecule has 0 atom stereocenters. The minimum Gasteiger partial charge on any atom is -0.507 e. The molecule has 4 aromatic carbocycles. The normalized spacial score (nSPS) is 11.0. The fraction of sp³-hybridized carbons (Fsp3) is 0.172. The highest BCUT2D eigenvalue weighted by molar-refractivity contribution is 5.77. The van der Waals surface area contributed by atoms with Crippen molar-refractivity contribution >= 4 is 0 Å². The number of hydrogen-bond donors (Lipinski definition) is 1. The zero-order valence-electron chi connectivity index (χ0n) is 17.7. The number of hydrogen-bond acceptors (Lipinski definition) is 1. The minimum absolute atomic E-state index is 0.292. The molecular weight excluding hydrogens is 364 g/mol. The first-order valence-electron chi connectivity index (χ1n) is 10.6. The summed E-state index contributed by atoms with van der Waals surface area (Å²) in [6.45, 7) is 4.45. The van der Waals surface area contributed by atoms with Gasteiger partial charge in [0, 0.05) is 5.56 Å². The Morgan fingerprint density at radius 1 is 0.667 bits per heavy atom. The van der Waals surface area contributed by atoms with Gasteiger partial charge < -0.3 is 5.11 Å². The fourth-order valence-electron chi connectivity index (χ4n) is 4.31. The molecule has 0 spiro atoms. The second-order valence-electron chi connectivity index (χ2n) is 8.17. The van der Waals surface area contributed by atoms with Gasteiger partial charge in [0.15, 0.2) is 0 Å². The molecule has 0 saturated heterocycles. The lowest BCUT2D eigenvalue weighted by atomic mass is 9.81. The van der Waals surface area contributed by atoms with E-state index in [4.69, 9.17) is 0 Å². The molecule has 1 N–H and O–H groups in total. The molecular formula is C29H28O. The molecule has 4 aromatic rings. The van der Waals surface area contributed by atoms with Crippen molar-refractivity contribution in [1.29, 1.82) is 0 Å². The van der Waals surface area contributed by atoms with Crippen molar-refractivity contribution in [3.63, 3.8) is 0 Å². The van der Waals surface area contributed by atoms with Crippen molar-refractivity contribution in [2.45, 2.75) is 32.6 Å². The van der Waals surface area contributed by atoms with Gasteiger partial charge in [-0.2, -0.15) is 0 Å². The van der Waals surface area contributed by atoms with E-state index in [1.54, 1.807) is 0 Å². The highest BCUT2D eigenvalue weighted by Crippen LogP contribution is 2.41. The summed E-state index contributed by atoms with van der Waals surface area (Å²) >= 11 is 0. The molecule has 0 bridgehead atoms. The second-order valence-corrected chi connectivity index (χ2v) is 8.17. The van der Waals surface area contributed by atoms with Crippen LogP contribution in [0.15, 0.2) is 97.1 Å². The molecule has 150 valence electrons. The predicted molar refractivity (Wildman–Crippen MR) is 126 cm³/mol. The Morgan fingerprint density at radius 2 is 1.17 bits per heavy atom. The average molecular weight is 393 g/mol. The van der Waals surface area contributed by atoms with Gasteiger partial charge in [0.25, 0.3) is 0 Å². The van der Waals surface area contributed by atoms with Crippen LogP contribution in [0.2, 0.25) is 0 Å². The minimum atomic E-state index is 0.292. The van der Waals surface area contributed by atoms with Crippen LogP contribution >= 0.6 is 0 Å². The van der Waals surface area contributed by atoms with Crippen molar-refractivity contribution < 1.29 is 5.11 Å². The Hall–Kier alpha value is -3.32. The first-order valence-corrected chi connectivity index (χ1v) is 10.6. The lowest BCUT2D eigenvalue weighted by Crippen LogP contribution is -2.07. The summed E-state index contributed by atoms with van der Waals surface area (Å²) in [6.07, 6.45) is 1.67. The summed E-state index contributed by atoms with van der Waals surface area (Å²) in [6, 6.07) is 33.4. The average Bonchev–Trinajstić information content (AvgIpc) is 2.77. The number of aromatic hydroxyl groups is 1. The predicted octanol–water partition coefficient (Wildman–Crippen LogP) is 7.36. The van der Waals surface area contributed by atoms with E-state index in [1.807, 2.05) is 30.3 Å². The SMILES string of the molecule is CC(C)c1c(Cc2ccccc2)c(Cc2ccccc2)cc(O)c1-c1ccccc1. The van der Waals surface area contributed by atoms with Gasteiger partial charge in [-0.05, 0) is 58.2 Å². The van der Waals surface area contributed by atoms with Crippen molar-refractivity contribution in [3.8, 4) is 16.9 Å². The Kier molecular flexibility index (Phi) is 5.99. The Bertz CT molecular complexity index is 1100. The van der Waals surface area contributed by atoms with Crippen molar-refractivity contribution in [2.24, 2.45) is 0 Å². The molecule has 0 radical (unpaired) electrons. The molecule has 0 fully saturated rings. The van der Waals surface area contributed by atoms with Crippen LogP contribution in [0.5, 0.6) is 5.75 Å². The summed E-state index contributed by atoms with van der Waals surface area (Å²) in [5, 5.41) is 11.1. The van der Waals surface area contributed by atoms with Crippen LogP contribution in [0.25, 0.3) is 11.1 Å². The number of phenolic OH excluding ortho intramolecular Hbond substituents is 1. The van der Waals surface area contributed by atoms with Crippen LogP contribution in [0, 0.1) is 0 Å². The van der Waals surface area contributed by atoms with Gasteiger partial charge in [0.2, 0.25) is 0 Å². The van der Waals surface area contributed by atoms with Crippen LogP contribution in [0.3, 0.4) is 0 Å². The molecule has 4 rings (SSSR count). The van der Waals surface area contributed by atoms with E-state index in [-0.39, 0.29) is 0 Å². The topological polar surface area (TPSA) is 20.2 Å². The molecule has 1 heteroatoms.